The summed E-state index contributed by atoms with van der Waals surface area (Å²) >= 11 is 7.14. The molecule has 3 aromatic rings. The molecule has 0 bridgehead atoms. The smallest absolute Gasteiger partial charge is 0.228 e. The van der Waals surface area contributed by atoms with Gasteiger partial charge in [-0.05, 0) is 19.2 Å². The number of pyridine rings is 2. The molecule has 4 heterocycles. The van der Waals surface area contributed by atoms with E-state index in [1.165, 1.54) is 11.8 Å². The van der Waals surface area contributed by atoms with E-state index in [-0.39, 0.29) is 29.1 Å². The van der Waals surface area contributed by atoms with Crippen molar-refractivity contribution in [3.8, 4) is 5.88 Å². The van der Waals surface area contributed by atoms with E-state index in [9.17, 15) is 4.39 Å². The van der Waals surface area contributed by atoms with Gasteiger partial charge in [-0.1, -0.05) is 29.4 Å². The number of rotatable bonds is 3. The van der Waals surface area contributed by atoms with Gasteiger partial charge in [0.25, 0.3) is 0 Å². The fourth-order valence-corrected chi connectivity index (χ4v) is 3.49. The number of halogens is 2. The van der Waals surface area contributed by atoms with E-state index >= 15 is 0 Å². The molecule has 0 saturated carbocycles. The SMILES string of the molecule is [2H]C1([2H])CN(C(C)c2cccnc2N)c2nc(SC)nc3c(F)c(Cl)nc(c23)O1. The Bertz CT molecular complexity index is 1120. The Hall–Kier alpha value is -2.39. The third-order valence-corrected chi connectivity index (χ3v) is 5.12. The lowest BCUT2D eigenvalue weighted by Crippen LogP contribution is -2.31. The number of thioether (sulfide) groups is 1. The first-order valence-corrected chi connectivity index (χ1v) is 9.59. The first-order chi connectivity index (χ1) is 13.7. The van der Waals surface area contributed by atoms with Crippen molar-refractivity contribution in [1.29, 1.82) is 0 Å². The van der Waals surface area contributed by atoms with Gasteiger partial charge < -0.3 is 15.4 Å². The highest BCUT2D eigenvalue weighted by Gasteiger charge is 2.29. The first kappa shape index (κ1) is 15.6. The van der Waals surface area contributed by atoms with Crippen molar-refractivity contribution in [2.24, 2.45) is 0 Å². The number of nitrogens with zero attached hydrogens (tertiary/aromatic N) is 5. The van der Waals surface area contributed by atoms with E-state index in [1.807, 2.05) is 6.92 Å². The Kier molecular flexibility index (Phi) is 4.04. The van der Waals surface area contributed by atoms with Crippen molar-refractivity contribution in [2.45, 2.75) is 18.1 Å². The molecule has 0 aliphatic carbocycles. The van der Waals surface area contributed by atoms with Crippen LogP contribution in [-0.4, -0.2) is 39.3 Å². The predicted octanol–water partition coefficient (Wildman–Crippen LogP) is 3.48. The second-order valence-electron chi connectivity index (χ2n) is 5.81. The third kappa shape index (κ3) is 3.00. The van der Waals surface area contributed by atoms with Crippen molar-refractivity contribution in [1.82, 2.24) is 19.9 Å². The molecule has 10 heteroatoms. The summed E-state index contributed by atoms with van der Waals surface area (Å²) in [7, 11) is 0. The molecule has 0 spiro atoms. The van der Waals surface area contributed by atoms with Crippen LogP contribution in [0.2, 0.25) is 5.15 Å². The Morgan fingerprint density at radius 3 is 3.00 bits per heavy atom. The molecule has 1 aliphatic rings. The van der Waals surface area contributed by atoms with Gasteiger partial charge in [0.15, 0.2) is 16.1 Å². The normalized spacial score (nSPS) is 17.7. The molecule has 4 rings (SSSR count). The number of nitrogens with two attached hydrogens (primary N) is 1. The number of aromatic nitrogens is 4. The summed E-state index contributed by atoms with van der Waals surface area (Å²) in [5, 5.41) is 0.0110. The van der Waals surface area contributed by atoms with Crippen molar-refractivity contribution in [3.05, 3.63) is 34.9 Å². The number of anilines is 2. The molecular formula is C17H16ClFN6OS. The van der Waals surface area contributed by atoms with E-state index in [0.29, 0.717) is 16.5 Å². The first-order valence-electron chi connectivity index (χ1n) is 8.98. The van der Waals surface area contributed by atoms with E-state index in [2.05, 4.69) is 19.9 Å². The molecule has 1 atom stereocenters. The van der Waals surface area contributed by atoms with Gasteiger partial charge in [0, 0.05) is 11.8 Å². The Balaban J connectivity index is 2.03. The van der Waals surface area contributed by atoms with Crippen LogP contribution in [0, 0.1) is 5.82 Å². The van der Waals surface area contributed by atoms with Crippen LogP contribution in [0.5, 0.6) is 5.88 Å². The average Bonchev–Trinajstić information content (AvgIpc) is 2.79. The lowest BCUT2D eigenvalue weighted by molar-refractivity contribution is 0.316. The van der Waals surface area contributed by atoms with Crippen LogP contribution in [-0.2, 0) is 0 Å². The molecule has 2 N–H and O–H groups in total. The molecule has 27 heavy (non-hydrogen) atoms. The molecule has 0 radical (unpaired) electrons. The van der Waals surface area contributed by atoms with Gasteiger partial charge in [0.2, 0.25) is 5.88 Å². The van der Waals surface area contributed by atoms with Crippen LogP contribution in [0.25, 0.3) is 10.9 Å². The summed E-state index contributed by atoms with van der Waals surface area (Å²) in [6.07, 6.45) is 3.33. The van der Waals surface area contributed by atoms with Gasteiger partial charge in [0.05, 0.1) is 15.3 Å². The molecule has 3 aromatic heterocycles. The molecular weight excluding hydrogens is 391 g/mol. The van der Waals surface area contributed by atoms with Crippen LogP contribution in [0.3, 0.4) is 0 Å². The molecule has 0 aromatic carbocycles. The third-order valence-electron chi connectivity index (χ3n) is 4.32. The zero-order chi connectivity index (χ0) is 20.9. The van der Waals surface area contributed by atoms with Crippen LogP contribution < -0.4 is 15.4 Å². The summed E-state index contributed by atoms with van der Waals surface area (Å²) in [5.74, 6) is -0.381. The molecule has 0 saturated heterocycles. The Morgan fingerprint density at radius 1 is 1.44 bits per heavy atom. The monoisotopic (exact) mass is 408 g/mol. The van der Waals surface area contributed by atoms with Gasteiger partial charge in [-0.3, -0.25) is 0 Å². The van der Waals surface area contributed by atoms with Crippen LogP contribution in [0.4, 0.5) is 16.0 Å². The molecule has 0 amide bonds. The van der Waals surface area contributed by atoms with Crippen molar-refractivity contribution >= 4 is 45.9 Å². The van der Waals surface area contributed by atoms with E-state index in [1.54, 1.807) is 29.5 Å². The maximum Gasteiger partial charge on any atom is 0.228 e. The summed E-state index contributed by atoms with van der Waals surface area (Å²) in [6, 6.07) is 3.09. The molecule has 140 valence electrons. The van der Waals surface area contributed by atoms with Crippen LogP contribution >= 0.6 is 23.4 Å². The number of hydrogen-bond acceptors (Lipinski definition) is 8. The number of nitrogen functional groups attached to an aromatic ring is 1. The lowest BCUT2D eigenvalue weighted by atomic mass is 10.1. The summed E-state index contributed by atoms with van der Waals surface area (Å²) in [4.78, 5) is 18.4. The standard InChI is InChI=1S/C17H16ClFN6OS/c1-8(9-4-3-5-21-14(9)20)25-6-7-26-16-10-12(11(19)13(18)23-16)22-17(27-2)24-15(10)25/h3-5,8H,6-7H2,1-2H3,(H2,20,21)/i7D2. The van der Waals surface area contributed by atoms with Crippen LogP contribution in [0.1, 0.15) is 21.3 Å². The summed E-state index contributed by atoms with van der Waals surface area (Å²) < 4.78 is 36.8. The quantitative estimate of drug-likeness (QED) is 0.400. The Labute approximate surface area is 166 Å². The lowest BCUT2D eigenvalue weighted by Gasteiger charge is -2.30. The van der Waals surface area contributed by atoms with E-state index in [0.717, 1.165) is 0 Å². The van der Waals surface area contributed by atoms with Gasteiger partial charge in [0.1, 0.15) is 29.1 Å². The topological polar surface area (TPSA) is 90.1 Å². The minimum Gasteiger partial charge on any atom is -0.475 e. The largest absolute Gasteiger partial charge is 0.475 e. The van der Waals surface area contributed by atoms with Gasteiger partial charge in [-0.15, -0.1) is 0 Å². The minimum absolute atomic E-state index is 0.0802. The van der Waals surface area contributed by atoms with Crippen molar-refractivity contribution in [3.63, 3.8) is 0 Å². The maximum absolute atomic E-state index is 14.8. The van der Waals surface area contributed by atoms with Crippen molar-refractivity contribution in [2.75, 3.05) is 30.0 Å². The van der Waals surface area contributed by atoms with E-state index < -0.39 is 23.6 Å². The van der Waals surface area contributed by atoms with E-state index in [4.69, 9.17) is 24.8 Å². The average molecular weight is 409 g/mol. The summed E-state index contributed by atoms with van der Waals surface area (Å²) in [5.41, 5.74) is 6.63. The number of ether oxygens (including phenoxy) is 1. The molecule has 1 unspecified atom stereocenters. The zero-order valence-corrected chi connectivity index (χ0v) is 16.0. The second kappa shape index (κ2) is 6.97. The van der Waals surface area contributed by atoms with Gasteiger partial charge >= 0.3 is 0 Å². The second-order valence-corrected chi connectivity index (χ2v) is 6.94. The number of hydrogen-bond donors (Lipinski definition) is 1. The molecule has 7 nitrogen and oxygen atoms in total. The molecule has 0 fully saturated rings. The highest BCUT2D eigenvalue weighted by molar-refractivity contribution is 7.98. The highest BCUT2D eigenvalue weighted by atomic mass is 35.5. The Morgan fingerprint density at radius 2 is 2.26 bits per heavy atom. The fraction of sp³-hybridized carbons (Fsp3) is 0.294. The highest BCUT2D eigenvalue weighted by Crippen LogP contribution is 2.40. The van der Waals surface area contributed by atoms with Crippen molar-refractivity contribution < 1.29 is 11.9 Å². The summed E-state index contributed by atoms with van der Waals surface area (Å²) in [6.45, 7) is -0.536. The zero-order valence-electron chi connectivity index (χ0n) is 16.4. The van der Waals surface area contributed by atoms with Crippen LogP contribution in [0.15, 0.2) is 23.5 Å². The molecule has 1 aliphatic heterocycles. The maximum atomic E-state index is 14.8. The fourth-order valence-electron chi connectivity index (χ4n) is 2.97. The predicted molar refractivity (Wildman–Crippen MR) is 104 cm³/mol. The minimum atomic E-state index is -2.16. The van der Waals surface area contributed by atoms with Gasteiger partial charge in [-0.2, -0.15) is 4.98 Å². The van der Waals surface area contributed by atoms with Gasteiger partial charge in [-0.25, -0.2) is 19.3 Å².